The molecule has 0 aromatic heterocycles. The van der Waals surface area contributed by atoms with Crippen molar-refractivity contribution in [1.29, 1.82) is 0 Å². The number of ether oxygens (including phenoxy) is 2. The van der Waals surface area contributed by atoms with Crippen LogP contribution in [0.15, 0.2) is 72.9 Å². The Morgan fingerprint density at radius 2 is 1.00 bits per heavy atom. The summed E-state index contributed by atoms with van der Waals surface area (Å²) in [6.45, 7) is 2.59. The SMILES string of the molecule is CCC=CCC=CCC=CCC=CCC=CCC=CCCC(=O)OC[C@H](COP(=O)(O)OC[C@H](N)C(=O)O)OC(=O)CCCCCCCCCCCCCCC. The summed E-state index contributed by atoms with van der Waals surface area (Å²) in [5.41, 5.74) is 5.32. The molecule has 0 radical (unpaired) electrons. The lowest BCUT2D eigenvalue weighted by Crippen LogP contribution is -2.34. The van der Waals surface area contributed by atoms with E-state index >= 15 is 0 Å². The number of allylic oxidation sites excluding steroid dienone is 12. The molecule has 11 nitrogen and oxygen atoms in total. The van der Waals surface area contributed by atoms with Crippen LogP contribution in [0.2, 0.25) is 0 Å². The summed E-state index contributed by atoms with van der Waals surface area (Å²) in [7, 11) is -4.73. The second-order valence-corrected chi connectivity index (χ2v) is 15.2. The second-order valence-electron chi connectivity index (χ2n) is 13.7. The predicted octanol–water partition coefficient (Wildman–Crippen LogP) is 10.9. The Hall–Kier alpha value is -3.08. The molecule has 0 heterocycles. The number of phosphoric ester groups is 1. The standard InChI is InChI=1S/C44H74NO10P/c1-3-5-7-9-11-13-15-17-18-19-20-21-22-24-25-27-29-31-33-35-42(46)52-37-40(38-53-56(50,51)54-39-41(45)44(48)49)55-43(47)36-34-32-30-28-26-23-16-14-12-10-8-6-4-2/h5,7,11,13,17-18,20-21,24-25,29,31,40-41H,3-4,6,8-10,12,14-16,19,22-23,26-28,30,32-39,45H2,1-2H3,(H,48,49)(H,50,51)/t40-,41+/m1/s1. The van der Waals surface area contributed by atoms with Crippen LogP contribution in [0.3, 0.4) is 0 Å². The minimum Gasteiger partial charge on any atom is -0.480 e. The zero-order valence-electron chi connectivity index (χ0n) is 34.4. The largest absolute Gasteiger partial charge is 0.480 e. The first-order valence-electron chi connectivity index (χ1n) is 21.0. The number of unbranched alkanes of at least 4 members (excludes halogenated alkanes) is 12. The van der Waals surface area contributed by atoms with Crippen molar-refractivity contribution in [3.63, 3.8) is 0 Å². The third kappa shape index (κ3) is 37.8. The van der Waals surface area contributed by atoms with E-state index < -0.39 is 51.1 Å². The monoisotopic (exact) mass is 808 g/mol. The highest BCUT2D eigenvalue weighted by atomic mass is 31.2. The molecule has 0 amide bonds. The van der Waals surface area contributed by atoms with Crippen molar-refractivity contribution in [3.05, 3.63) is 72.9 Å². The lowest BCUT2D eigenvalue weighted by atomic mass is 10.0. The molecule has 0 aromatic carbocycles. The Balaban J connectivity index is 4.51. The van der Waals surface area contributed by atoms with Crippen molar-refractivity contribution in [2.75, 3.05) is 19.8 Å². The number of hydrogen-bond donors (Lipinski definition) is 3. The number of hydrogen-bond acceptors (Lipinski definition) is 9. The predicted molar refractivity (Wildman–Crippen MR) is 226 cm³/mol. The first-order valence-corrected chi connectivity index (χ1v) is 22.5. The van der Waals surface area contributed by atoms with Crippen molar-refractivity contribution in [2.24, 2.45) is 5.73 Å². The lowest BCUT2D eigenvalue weighted by molar-refractivity contribution is -0.161. The Morgan fingerprint density at radius 1 is 0.571 bits per heavy atom. The number of carbonyl (C=O) groups excluding carboxylic acids is 2. The third-order valence-corrected chi connectivity index (χ3v) is 9.43. The second kappa shape index (κ2) is 38.8. The summed E-state index contributed by atoms with van der Waals surface area (Å²) in [4.78, 5) is 45.8. The molecule has 0 saturated carbocycles. The molecule has 0 saturated heterocycles. The van der Waals surface area contributed by atoms with Crippen molar-refractivity contribution >= 4 is 25.7 Å². The first kappa shape index (κ1) is 52.9. The number of esters is 2. The Kier molecular flexibility index (Phi) is 36.6. The fourth-order valence-corrected chi connectivity index (χ4v) is 5.99. The number of nitrogens with two attached hydrogens (primary N) is 1. The molecular formula is C44H74NO10P. The summed E-state index contributed by atoms with van der Waals surface area (Å²) < 4.78 is 32.6. The number of aliphatic carboxylic acids is 1. The highest BCUT2D eigenvalue weighted by Gasteiger charge is 2.28. The zero-order chi connectivity index (χ0) is 41.4. The molecule has 56 heavy (non-hydrogen) atoms. The van der Waals surface area contributed by atoms with Gasteiger partial charge in [-0.1, -0.05) is 164 Å². The molecule has 0 aliphatic rings. The summed E-state index contributed by atoms with van der Waals surface area (Å²) in [6.07, 6.45) is 45.5. The molecular weight excluding hydrogens is 733 g/mol. The fourth-order valence-electron chi connectivity index (χ4n) is 5.21. The molecule has 0 bridgehead atoms. The number of carbonyl (C=O) groups is 3. The molecule has 0 aromatic rings. The van der Waals surface area contributed by atoms with Crippen LogP contribution in [0, 0.1) is 0 Å². The van der Waals surface area contributed by atoms with Gasteiger partial charge in [0.2, 0.25) is 0 Å². The van der Waals surface area contributed by atoms with E-state index in [4.69, 9.17) is 24.8 Å². The van der Waals surface area contributed by atoms with Crippen LogP contribution in [0.5, 0.6) is 0 Å². The molecule has 0 fully saturated rings. The minimum atomic E-state index is -4.73. The van der Waals surface area contributed by atoms with E-state index in [1.54, 1.807) is 0 Å². The van der Waals surface area contributed by atoms with Crippen LogP contribution in [-0.4, -0.2) is 59.9 Å². The van der Waals surface area contributed by atoms with Crippen molar-refractivity contribution in [1.82, 2.24) is 0 Å². The van der Waals surface area contributed by atoms with E-state index in [9.17, 15) is 23.8 Å². The highest BCUT2D eigenvalue weighted by molar-refractivity contribution is 7.47. The van der Waals surface area contributed by atoms with Gasteiger partial charge in [-0.2, -0.15) is 0 Å². The molecule has 1 unspecified atom stereocenters. The third-order valence-electron chi connectivity index (χ3n) is 8.48. The molecule has 320 valence electrons. The highest BCUT2D eigenvalue weighted by Crippen LogP contribution is 2.43. The Morgan fingerprint density at radius 3 is 1.46 bits per heavy atom. The number of carboxylic acids is 1. The van der Waals surface area contributed by atoms with Crippen molar-refractivity contribution in [3.8, 4) is 0 Å². The van der Waals surface area contributed by atoms with Gasteiger partial charge in [0.05, 0.1) is 13.2 Å². The maximum absolute atomic E-state index is 12.6. The van der Waals surface area contributed by atoms with Gasteiger partial charge in [0, 0.05) is 12.8 Å². The van der Waals surface area contributed by atoms with Crippen LogP contribution in [-0.2, 0) is 37.5 Å². The summed E-state index contributed by atoms with van der Waals surface area (Å²) in [5, 5.41) is 8.88. The van der Waals surface area contributed by atoms with Crippen LogP contribution in [0.25, 0.3) is 0 Å². The molecule has 3 atom stereocenters. The van der Waals surface area contributed by atoms with Gasteiger partial charge >= 0.3 is 25.7 Å². The van der Waals surface area contributed by atoms with E-state index in [1.165, 1.54) is 57.8 Å². The Labute approximate surface area is 338 Å². The van der Waals surface area contributed by atoms with Gasteiger partial charge in [-0.25, -0.2) is 4.57 Å². The van der Waals surface area contributed by atoms with E-state index in [-0.39, 0.29) is 19.4 Å². The van der Waals surface area contributed by atoms with Crippen LogP contribution in [0.1, 0.15) is 155 Å². The molecule has 12 heteroatoms. The van der Waals surface area contributed by atoms with Crippen molar-refractivity contribution < 1.29 is 47.5 Å². The minimum absolute atomic E-state index is 0.0946. The fraction of sp³-hybridized carbons (Fsp3) is 0.659. The van der Waals surface area contributed by atoms with Crippen LogP contribution in [0.4, 0.5) is 0 Å². The smallest absolute Gasteiger partial charge is 0.472 e. The molecule has 0 aliphatic heterocycles. The van der Waals surface area contributed by atoms with Crippen molar-refractivity contribution in [2.45, 2.75) is 167 Å². The summed E-state index contributed by atoms with van der Waals surface area (Å²) >= 11 is 0. The topological polar surface area (TPSA) is 172 Å². The van der Waals surface area contributed by atoms with E-state index in [0.29, 0.717) is 12.8 Å². The number of phosphoric acid groups is 1. The summed E-state index contributed by atoms with van der Waals surface area (Å²) in [6, 6.07) is -1.53. The van der Waals surface area contributed by atoms with Gasteiger partial charge in [0.25, 0.3) is 0 Å². The van der Waals surface area contributed by atoms with Gasteiger partial charge in [-0.05, 0) is 51.4 Å². The van der Waals surface area contributed by atoms with Gasteiger partial charge in [-0.15, -0.1) is 0 Å². The number of carboxylic acid groups (broad SMARTS) is 1. The van der Waals surface area contributed by atoms with Gasteiger partial charge in [0.15, 0.2) is 6.10 Å². The van der Waals surface area contributed by atoms with E-state index in [0.717, 1.165) is 57.8 Å². The summed E-state index contributed by atoms with van der Waals surface area (Å²) in [5.74, 6) is -2.49. The van der Waals surface area contributed by atoms with E-state index in [2.05, 4.69) is 79.1 Å². The molecule has 0 aliphatic carbocycles. The zero-order valence-corrected chi connectivity index (χ0v) is 35.3. The average Bonchev–Trinajstić information content (AvgIpc) is 3.17. The molecule has 0 spiro atoms. The normalized spacial score (nSPS) is 14.5. The van der Waals surface area contributed by atoms with E-state index in [1.807, 2.05) is 12.2 Å². The van der Waals surface area contributed by atoms with Gasteiger partial charge < -0.3 is 25.2 Å². The van der Waals surface area contributed by atoms with Crippen LogP contribution < -0.4 is 5.73 Å². The Bertz CT molecular complexity index is 1230. The first-order chi connectivity index (χ1) is 27.1. The van der Waals surface area contributed by atoms with Gasteiger partial charge in [-0.3, -0.25) is 23.4 Å². The quantitative estimate of drug-likeness (QED) is 0.0235. The maximum Gasteiger partial charge on any atom is 0.472 e. The lowest BCUT2D eigenvalue weighted by Gasteiger charge is -2.20. The molecule has 4 N–H and O–H groups in total. The molecule has 0 rings (SSSR count). The van der Waals surface area contributed by atoms with Crippen LogP contribution >= 0.6 is 7.82 Å². The maximum atomic E-state index is 12.6. The van der Waals surface area contributed by atoms with Gasteiger partial charge in [0.1, 0.15) is 12.6 Å². The number of rotatable bonds is 38. The average molecular weight is 808 g/mol.